The number of nitrogens with one attached hydrogen (secondary N) is 1. The molecule has 3 aromatic rings. The van der Waals surface area contributed by atoms with Gasteiger partial charge in [-0.2, -0.15) is 5.10 Å². The monoisotopic (exact) mass is 405 g/mol. The molecule has 3 rings (SSSR count). The van der Waals surface area contributed by atoms with Gasteiger partial charge in [-0.3, -0.25) is 9.52 Å². The van der Waals surface area contributed by atoms with Crippen LogP contribution in [0.4, 0.5) is 5.82 Å². The van der Waals surface area contributed by atoms with E-state index in [1.807, 2.05) is 48.7 Å². The van der Waals surface area contributed by atoms with Gasteiger partial charge in [-0.1, -0.05) is 24.3 Å². The maximum Gasteiger partial charge on any atom is 0.306 e. The van der Waals surface area contributed by atoms with Crippen LogP contribution in [0.2, 0.25) is 0 Å². The van der Waals surface area contributed by atoms with Crippen molar-refractivity contribution in [2.75, 3.05) is 17.6 Å². The molecular weight excluding hydrogens is 386 g/mol. The predicted molar refractivity (Wildman–Crippen MR) is 106 cm³/mol. The van der Waals surface area contributed by atoms with Crippen molar-refractivity contribution in [3.8, 4) is 16.3 Å². The van der Waals surface area contributed by atoms with Gasteiger partial charge in [-0.25, -0.2) is 13.1 Å². The zero-order valence-corrected chi connectivity index (χ0v) is 16.5. The summed E-state index contributed by atoms with van der Waals surface area (Å²) in [4.78, 5) is 12.2. The molecule has 0 atom stereocenters. The van der Waals surface area contributed by atoms with E-state index in [1.54, 1.807) is 10.7 Å². The predicted octanol–water partition coefficient (Wildman–Crippen LogP) is 3.21. The highest BCUT2D eigenvalue weighted by molar-refractivity contribution is 7.92. The van der Waals surface area contributed by atoms with Crippen molar-refractivity contribution < 1.29 is 17.9 Å². The van der Waals surface area contributed by atoms with Crippen LogP contribution in [0, 0.1) is 6.92 Å². The van der Waals surface area contributed by atoms with E-state index in [1.165, 1.54) is 18.4 Å². The summed E-state index contributed by atoms with van der Waals surface area (Å²) in [6.45, 7) is 1.93. The van der Waals surface area contributed by atoms with Gasteiger partial charge in [0.15, 0.2) is 0 Å². The number of aromatic nitrogens is 2. The first-order valence-corrected chi connectivity index (χ1v) is 10.7. The molecule has 0 spiro atoms. The van der Waals surface area contributed by atoms with Gasteiger partial charge in [-0.05, 0) is 30.0 Å². The Morgan fingerprint density at radius 1 is 1.26 bits per heavy atom. The highest BCUT2D eigenvalue weighted by Gasteiger charge is 2.19. The Morgan fingerprint density at radius 3 is 2.70 bits per heavy atom. The number of methoxy groups -OCH3 is 1. The summed E-state index contributed by atoms with van der Waals surface area (Å²) in [5.41, 5.74) is 2.39. The van der Waals surface area contributed by atoms with Gasteiger partial charge in [0.2, 0.25) is 10.0 Å². The highest BCUT2D eigenvalue weighted by Crippen LogP contribution is 2.29. The van der Waals surface area contributed by atoms with E-state index in [0.29, 0.717) is 11.5 Å². The second-order valence-corrected chi connectivity index (χ2v) is 8.63. The van der Waals surface area contributed by atoms with Crippen molar-refractivity contribution >= 4 is 33.1 Å². The third kappa shape index (κ3) is 4.55. The quantitative estimate of drug-likeness (QED) is 0.610. The number of aryl methyl sites for hydroxylation is 1. The van der Waals surface area contributed by atoms with E-state index in [9.17, 15) is 13.2 Å². The number of ether oxygens (including phenoxy) is 1. The molecule has 27 heavy (non-hydrogen) atoms. The van der Waals surface area contributed by atoms with Crippen molar-refractivity contribution in [1.82, 2.24) is 9.78 Å². The van der Waals surface area contributed by atoms with Crippen LogP contribution in [0.3, 0.4) is 0 Å². The molecule has 0 saturated carbocycles. The summed E-state index contributed by atoms with van der Waals surface area (Å²) in [5.74, 6) is -0.628. The van der Waals surface area contributed by atoms with Gasteiger partial charge >= 0.3 is 5.97 Å². The smallest absolute Gasteiger partial charge is 0.306 e. The molecule has 0 unspecified atom stereocenters. The molecule has 0 fully saturated rings. The molecule has 142 valence electrons. The Hall–Kier alpha value is -2.65. The number of hydrogen-bond acceptors (Lipinski definition) is 6. The van der Waals surface area contributed by atoms with Crippen LogP contribution in [0.5, 0.6) is 0 Å². The van der Waals surface area contributed by atoms with Crippen molar-refractivity contribution in [2.45, 2.75) is 13.3 Å². The van der Waals surface area contributed by atoms with Crippen molar-refractivity contribution in [1.29, 1.82) is 0 Å². The van der Waals surface area contributed by atoms with Gasteiger partial charge < -0.3 is 4.74 Å². The molecule has 0 radical (unpaired) electrons. The number of benzene rings is 1. The number of hydrogen-bond donors (Lipinski definition) is 1. The molecule has 0 saturated heterocycles. The molecule has 2 heterocycles. The topological polar surface area (TPSA) is 90.3 Å². The number of anilines is 1. The molecule has 0 amide bonds. The SMILES string of the molecule is COC(=O)CCS(=O)(=O)Nc1cc(-c2cccs2)nn1-c1ccccc1C. The average Bonchev–Trinajstić information content (AvgIpc) is 3.30. The molecule has 9 heteroatoms. The summed E-state index contributed by atoms with van der Waals surface area (Å²) in [5, 5.41) is 6.52. The minimum atomic E-state index is -3.75. The van der Waals surface area contributed by atoms with Crippen LogP contribution in [-0.4, -0.2) is 37.0 Å². The van der Waals surface area contributed by atoms with E-state index in [-0.39, 0.29) is 12.2 Å². The minimum absolute atomic E-state index is 0.220. The summed E-state index contributed by atoms with van der Waals surface area (Å²) in [6, 6.07) is 13.1. The first-order chi connectivity index (χ1) is 12.9. The van der Waals surface area contributed by atoms with Crippen molar-refractivity contribution in [3.05, 3.63) is 53.4 Å². The lowest BCUT2D eigenvalue weighted by Gasteiger charge is -2.12. The average molecular weight is 406 g/mol. The van der Waals surface area contributed by atoms with Gasteiger partial charge in [0.05, 0.1) is 29.8 Å². The second-order valence-electron chi connectivity index (χ2n) is 5.84. The van der Waals surface area contributed by atoms with Gasteiger partial charge in [0.1, 0.15) is 11.5 Å². The molecule has 2 aromatic heterocycles. The molecule has 7 nitrogen and oxygen atoms in total. The maximum absolute atomic E-state index is 12.4. The minimum Gasteiger partial charge on any atom is -0.469 e. The number of carbonyl (C=O) groups is 1. The van der Waals surface area contributed by atoms with Crippen molar-refractivity contribution in [2.24, 2.45) is 0 Å². The summed E-state index contributed by atoms with van der Waals surface area (Å²) in [6.07, 6.45) is -0.220. The fourth-order valence-corrected chi connectivity index (χ4v) is 4.20. The van der Waals surface area contributed by atoms with E-state index in [2.05, 4.69) is 14.6 Å². The lowest BCUT2D eigenvalue weighted by atomic mass is 10.2. The number of esters is 1. The Balaban J connectivity index is 1.98. The number of para-hydroxylation sites is 1. The van der Waals surface area contributed by atoms with Gasteiger partial charge in [0, 0.05) is 6.07 Å². The summed E-state index contributed by atoms with van der Waals surface area (Å²) < 4.78 is 33.5. The van der Waals surface area contributed by atoms with Crippen LogP contribution < -0.4 is 4.72 Å². The first kappa shape index (κ1) is 19.1. The van der Waals surface area contributed by atoms with Crippen LogP contribution in [0.1, 0.15) is 12.0 Å². The van der Waals surface area contributed by atoms with Crippen LogP contribution in [0.15, 0.2) is 47.8 Å². The van der Waals surface area contributed by atoms with E-state index >= 15 is 0 Å². The standard InChI is InChI=1S/C18H19N3O4S2/c1-13-6-3-4-7-15(13)21-17(12-14(19-21)16-8-5-10-26-16)20-27(23,24)11-9-18(22)25-2/h3-8,10,12,20H,9,11H2,1-2H3. The van der Waals surface area contributed by atoms with Gasteiger partial charge in [-0.15, -0.1) is 11.3 Å². The Kier molecular flexibility index (Phi) is 5.62. The third-order valence-corrected chi connectivity index (χ3v) is 6.04. The molecule has 1 aromatic carbocycles. The zero-order chi connectivity index (χ0) is 19.4. The number of carbonyl (C=O) groups excluding carboxylic acids is 1. The molecule has 0 aliphatic rings. The maximum atomic E-state index is 12.4. The lowest BCUT2D eigenvalue weighted by molar-refractivity contribution is -0.140. The highest BCUT2D eigenvalue weighted by atomic mass is 32.2. The van der Waals surface area contributed by atoms with Crippen LogP contribution >= 0.6 is 11.3 Å². The van der Waals surface area contributed by atoms with Gasteiger partial charge in [0.25, 0.3) is 0 Å². The number of rotatable bonds is 7. The van der Waals surface area contributed by atoms with Crippen LogP contribution in [-0.2, 0) is 19.6 Å². The molecule has 0 aliphatic carbocycles. The largest absolute Gasteiger partial charge is 0.469 e. The Morgan fingerprint density at radius 2 is 2.04 bits per heavy atom. The first-order valence-electron chi connectivity index (χ1n) is 8.17. The molecule has 0 bridgehead atoms. The Labute approximate surface area is 161 Å². The number of thiophene rings is 1. The summed E-state index contributed by atoms with van der Waals surface area (Å²) in [7, 11) is -2.52. The van der Waals surface area contributed by atoms with Crippen LogP contribution in [0.25, 0.3) is 16.3 Å². The van der Waals surface area contributed by atoms with E-state index in [4.69, 9.17) is 0 Å². The van der Waals surface area contributed by atoms with E-state index in [0.717, 1.165) is 16.1 Å². The van der Waals surface area contributed by atoms with Crippen molar-refractivity contribution in [3.63, 3.8) is 0 Å². The van der Waals surface area contributed by atoms with E-state index < -0.39 is 16.0 Å². The second kappa shape index (κ2) is 7.93. The lowest BCUT2D eigenvalue weighted by Crippen LogP contribution is -2.21. The zero-order valence-electron chi connectivity index (χ0n) is 14.9. The number of sulfonamides is 1. The Bertz CT molecular complexity index is 1040. The summed E-state index contributed by atoms with van der Waals surface area (Å²) >= 11 is 1.52. The normalized spacial score (nSPS) is 11.3. The fourth-order valence-electron chi connectivity index (χ4n) is 2.51. The third-order valence-electron chi connectivity index (χ3n) is 3.89. The molecule has 1 N–H and O–H groups in total. The fraction of sp³-hybridized carbons (Fsp3) is 0.222. The number of nitrogens with zero attached hydrogens (tertiary/aromatic N) is 2. The molecule has 0 aliphatic heterocycles. The molecular formula is C18H19N3O4S2.